The second-order valence-corrected chi connectivity index (χ2v) is 4.06. The van der Waals surface area contributed by atoms with Crippen molar-refractivity contribution in [3.8, 4) is 0 Å². The Kier molecular flexibility index (Phi) is 5.11. The van der Waals surface area contributed by atoms with Gasteiger partial charge in [0.2, 0.25) is 0 Å². The van der Waals surface area contributed by atoms with E-state index in [1.807, 2.05) is 32.0 Å². The molecule has 0 saturated heterocycles. The van der Waals surface area contributed by atoms with Crippen molar-refractivity contribution >= 4 is 12.0 Å². The molecule has 0 heterocycles. The lowest BCUT2D eigenvalue weighted by Gasteiger charge is -2.06. The van der Waals surface area contributed by atoms with Crippen LogP contribution in [0.3, 0.4) is 0 Å². The van der Waals surface area contributed by atoms with E-state index in [-0.39, 0.29) is 0 Å². The molecule has 104 valence electrons. The minimum absolute atomic E-state index is 0.746. The monoisotopic (exact) mass is 273 g/mol. The summed E-state index contributed by atoms with van der Waals surface area (Å²) < 4.78 is 35.3. The summed E-state index contributed by atoms with van der Waals surface area (Å²) in [6.45, 7) is 2.30. The minimum atomic E-state index is -4.47. The molecule has 0 aliphatic heterocycles. The number of nitrogens with one attached hydrogen (secondary N) is 1. The van der Waals surface area contributed by atoms with Crippen LogP contribution in [0, 0.1) is 13.8 Å². The first-order valence-electron chi connectivity index (χ1n) is 5.52. The van der Waals surface area contributed by atoms with E-state index >= 15 is 0 Å². The predicted molar refractivity (Wildman–Crippen MR) is 65.1 cm³/mol. The second-order valence-electron chi connectivity index (χ2n) is 4.06. The fraction of sp³-hybridized carbons (Fsp3) is 0.308. The van der Waals surface area contributed by atoms with E-state index in [1.54, 1.807) is 5.48 Å². The molecule has 6 heteroatoms. The largest absolute Gasteiger partial charge is 0.414 e. The van der Waals surface area contributed by atoms with Crippen LogP contribution in [0.1, 0.15) is 16.7 Å². The number of benzene rings is 1. The predicted octanol–water partition coefficient (Wildman–Crippen LogP) is 2.93. The van der Waals surface area contributed by atoms with Gasteiger partial charge in [0.25, 0.3) is 5.91 Å². The Morgan fingerprint density at radius 3 is 2.63 bits per heavy atom. The molecule has 0 spiro atoms. The fourth-order valence-corrected chi connectivity index (χ4v) is 1.40. The standard InChI is InChI=1S/C13H14F3NO2/c1-9-3-4-11(10(2)7-9)5-6-12(18)17-19-8-13(14,15)16/h3-7H,8H2,1-2H3,(H,17,18)/b6-5+. The zero-order valence-electron chi connectivity index (χ0n) is 10.5. The molecule has 0 radical (unpaired) electrons. The van der Waals surface area contributed by atoms with Gasteiger partial charge in [-0.25, -0.2) is 5.48 Å². The van der Waals surface area contributed by atoms with Crippen molar-refractivity contribution in [2.75, 3.05) is 6.61 Å². The van der Waals surface area contributed by atoms with Gasteiger partial charge in [-0.15, -0.1) is 0 Å². The lowest BCUT2D eigenvalue weighted by molar-refractivity contribution is -0.190. The highest BCUT2D eigenvalue weighted by atomic mass is 19.4. The SMILES string of the molecule is Cc1ccc(/C=C/C(=O)NOCC(F)(F)F)c(C)c1. The first-order valence-corrected chi connectivity index (χ1v) is 5.52. The summed E-state index contributed by atoms with van der Waals surface area (Å²) in [5, 5.41) is 0. The first-order chi connectivity index (χ1) is 8.78. The van der Waals surface area contributed by atoms with Crippen molar-refractivity contribution in [1.29, 1.82) is 0 Å². The molecule has 1 rings (SSSR count). The zero-order valence-corrected chi connectivity index (χ0v) is 10.5. The summed E-state index contributed by atoms with van der Waals surface area (Å²) in [4.78, 5) is 15.2. The van der Waals surface area contributed by atoms with Crippen molar-refractivity contribution in [3.63, 3.8) is 0 Å². The Bertz CT molecular complexity index is 481. The maximum atomic E-state index is 11.8. The van der Waals surface area contributed by atoms with E-state index in [0.717, 1.165) is 22.8 Å². The van der Waals surface area contributed by atoms with Gasteiger partial charge in [0.05, 0.1) is 0 Å². The van der Waals surface area contributed by atoms with Crippen LogP contribution in [0.2, 0.25) is 0 Å². The van der Waals surface area contributed by atoms with Gasteiger partial charge in [-0.3, -0.25) is 9.63 Å². The molecule has 19 heavy (non-hydrogen) atoms. The van der Waals surface area contributed by atoms with E-state index in [4.69, 9.17) is 0 Å². The number of amides is 1. The van der Waals surface area contributed by atoms with Gasteiger partial charge in [-0.1, -0.05) is 23.8 Å². The van der Waals surface area contributed by atoms with Crippen LogP contribution in [0.25, 0.3) is 6.08 Å². The summed E-state index contributed by atoms with van der Waals surface area (Å²) in [6, 6.07) is 5.65. The van der Waals surface area contributed by atoms with Crippen LogP contribution in [0.15, 0.2) is 24.3 Å². The van der Waals surface area contributed by atoms with Gasteiger partial charge in [-0.05, 0) is 31.1 Å². The molecule has 1 aromatic rings. The van der Waals surface area contributed by atoms with Crippen molar-refractivity contribution in [2.45, 2.75) is 20.0 Å². The second kappa shape index (κ2) is 6.38. The number of aryl methyl sites for hydroxylation is 2. The molecule has 0 saturated carbocycles. The summed E-state index contributed by atoms with van der Waals surface area (Å²) in [7, 11) is 0. The quantitative estimate of drug-likeness (QED) is 0.676. The van der Waals surface area contributed by atoms with Gasteiger partial charge in [0.1, 0.15) is 0 Å². The summed E-state index contributed by atoms with van der Waals surface area (Å²) in [6.07, 6.45) is -1.83. The normalized spacial score (nSPS) is 11.8. The third-order valence-corrected chi connectivity index (χ3v) is 2.25. The smallest absolute Gasteiger partial charge is 0.268 e. The number of carbonyl (C=O) groups excluding carboxylic acids is 1. The number of hydrogen-bond donors (Lipinski definition) is 1. The highest BCUT2D eigenvalue weighted by Crippen LogP contribution is 2.14. The molecule has 0 fully saturated rings. The average molecular weight is 273 g/mol. The van der Waals surface area contributed by atoms with Gasteiger partial charge in [0, 0.05) is 6.08 Å². The van der Waals surface area contributed by atoms with Crippen molar-refractivity contribution in [2.24, 2.45) is 0 Å². The molecule has 1 aromatic carbocycles. The van der Waals surface area contributed by atoms with Gasteiger partial charge in [0.15, 0.2) is 6.61 Å². The van der Waals surface area contributed by atoms with Crippen molar-refractivity contribution in [3.05, 3.63) is 41.0 Å². The van der Waals surface area contributed by atoms with Crippen molar-refractivity contribution < 1.29 is 22.8 Å². The van der Waals surface area contributed by atoms with Crippen LogP contribution >= 0.6 is 0 Å². The van der Waals surface area contributed by atoms with E-state index in [2.05, 4.69) is 4.84 Å². The summed E-state index contributed by atoms with van der Waals surface area (Å²) in [5.41, 5.74) is 4.57. The molecule has 1 N–H and O–H groups in total. The molecule has 0 aliphatic carbocycles. The maximum absolute atomic E-state index is 11.8. The Balaban J connectivity index is 2.50. The van der Waals surface area contributed by atoms with Crippen LogP contribution in [-0.2, 0) is 9.63 Å². The highest BCUT2D eigenvalue weighted by molar-refractivity contribution is 5.91. The van der Waals surface area contributed by atoms with Crippen LogP contribution in [-0.4, -0.2) is 18.7 Å². The van der Waals surface area contributed by atoms with E-state index in [1.165, 1.54) is 6.08 Å². The molecular weight excluding hydrogens is 259 g/mol. The van der Waals surface area contributed by atoms with Crippen LogP contribution in [0.4, 0.5) is 13.2 Å². The summed E-state index contributed by atoms with van der Waals surface area (Å²) >= 11 is 0. The highest BCUT2D eigenvalue weighted by Gasteiger charge is 2.28. The fourth-order valence-electron chi connectivity index (χ4n) is 1.40. The average Bonchev–Trinajstić information content (AvgIpc) is 2.26. The topological polar surface area (TPSA) is 38.3 Å². The molecule has 3 nitrogen and oxygen atoms in total. The Morgan fingerprint density at radius 2 is 2.05 bits per heavy atom. The molecular formula is C13H14F3NO2. The van der Waals surface area contributed by atoms with E-state index in [0.29, 0.717) is 0 Å². The van der Waals surface area contributed by atoms with E-state index in [9.17, 15) is 18.0 Å². The number of hydroxylamine groups is 1. The number of alkyl halides is 3. The number of halogens is 3. The lowest BCUT2D eigenvalue weighted by Crippen LogP contribution is -2.28. The Morgan fingerprint density at radius 1 is 1.37 bits per heavy atom. The van der Waals surface area contributed by atoms with Gasteiger partial charge in [-0.2, -0.15) is 13.2 Å². The van der Waals surface area contributed by atoms with Gasteiger partial charge < -0.3 is 0 Å². The Hall–Kier alpha value is -1.82. The summed E-state index contributed by atoms with van der Waals surface area (Å²) in [5.74, 6) is -0.746. The lowest BCUT2D eigenvalue weighted by atomic mass is 10.1. The third-order valence-electron chi connectivity index (χ3n) is 2.25. The number of carbonyl (C=O) groups is 1. The first kappa shape index (κ1) is 15.2. The maximum Gasteiger partial charge on any atom is 0.414 e. The van der Waals surface area contributed by atoms with Crippen LogP contribution < -0.4 is 5.48 Å². The molecule has 0 atom stereocenters. The number of rotatable bonds is 4. The molecule has 0 unspecified atom stereocenters. The third kappa shape index (κ3) is 6.05. The molecule has 0 bridgehead atoms. The molecule has 1 amide bonds. The van der Waals surface area contributed by atoms with Crippen LogP contribution in [0.5, 0.6) is 0 Å². The molecule has 0 aliphatic rings. The molecule has 0 aromatic heterocycles. The van der Waals surface area contributed by atoms with Crippen molar-refractivity contribution in [1.82, 2.24) is 5.48 Å². The Labute approximate surface area is 109 Å². The number of hydrogen-bond acceptors (Lipinski definition) is 2. The van der Waals surface area contributed by atoms with Gasteiger partial charge >= 0.3 is 6.18 Å². The van der Waals surface area contributed by atoms with E-state index < -0.39 is 18.7 Å². The zero-order chi connectivity index (χ0) is 14.5. The minimum Gasteiger partial charge on any atom is -0.268 e.